The van der Waals surface area contributed by atoms with Gasteiger partial charge in [0.05, 0.1) is 23.0 Å². The molecule has 3 heterocycles. The third kappa shape index (κ3) is 5.20. The molecule has 1 aliphatic carbocycles. The molecule has 0 bridgehead atoms. The molecule has 8 heteroatoms. The normalized spacial score (nSPS) is 14.0. The zero-order valence-electron chi connectivity index (χ0n) is 19.9. The number of hydrogen-bond acceptors (Lipinski definition) is 8. The van der Waals surface area contributed by atoms with Gasteiger partial charge in [-0.15, -0.1) is 0 Å². The molecule has 0 spiro atoms. The Hall–Kier alpha value is -3.70. The number of pyridine rings is 2. The van der Waals surface area contributed by atoms with Gasteiger partial charge >= 0.3 is 0 Å². The van der Waals surface area contributed by atoms with Crippen LogP contribution in [0.5, 0.6) is 0 Å². The molecular weight excluding hydrogens is 454 g/mol. The lowest BCUT2D eigenvalue weighted by Gasteiger charge is -2.22. The highest BCUT2D eigenvalue weighted by atomic mass is 32.2. The van der Waals surface area contributed by atoms with Crippen molar-refractivity contribution in [3.05, 3.63) is 65.5 Å². The predicted molar refractivity (Wildman–Crippen MR) is 141 cm³/mol. The molecule has 1 aromatic carbocycles. The lowest BCUT2D eigenvalue weighted by Crippen LogP contribution is -2.23. The summed E-state index contributed by atoms with van der Waals surface area (Å²) in [6.07, 6.45) is 8.02. The van der Waals surface area contributed by atoms with Gasteiger partial charge in [-0.3, -0.25) is 0 Å². The van der Waals surface area contributed by atoms with Gasteiger partial charge in [0.15, 0.2) is 0 Å². The second kappa shape index (κ2) is 10.3. The summed E-state index contributed by atoms with van der Waals surface area (Å²) in [5.74, 6) is 1.41. The zero-order valence-corrected chi connectivity index (χ0v) is 20.7. The molecule has 7 nitrogen and oxygen atoms in total. The van der Waals surface area contributed by atoms with E-state index in [1.54, 1.807) is 6.07 Å². The molecule has 176 valence electrons. The van der Waals surface area contributed by atoms with Gasteiger partial charge < -0.3 is 10.0 Å². The molecular formula is C27H27N7S. The summed E-state index contributed by atoms with van der Waals surface area (Å²) in [4.78, 5) is 19.7. The molecule has 0 amide bonds. The molecule has 2 N–H and O–H groups in total. The molecule has 0 unspecified atom stereocenters. The molecule has 0 saturated heterocycles. The first-order valence-electron chi connectivity index (χ1n) is 11.9. The monoisotopic (exact) mass is 481 g/mol. The van der Waals surface area contributed by atoms with Crippen molar-refractivity contribution in [3.63, 3.8) is 0 Å². The van der Waals surface area contributed by atoms with Crippen LogP contribution in [0.2, 0.25) is 0 Å². The van der Waals surface area contributed by atoms with Crippen molar-refractivity contribution in [1.82, 2.24) is 19.9 Å². The number of anilines is 2. The topological polar surface area (TPSA) is 99.4 Å². The standard InChI is InChI=1S/C27H27N7S/c1-17-14-22(32-23-16-29-27(33-26(17)23)31-20-9-4-3-5-10-20)21-12-13-25(30-18(21)2)34-35-24-11-7-6-8-19(24)15-28/h6-8,11-14,16,20H,3-5,9-10H2,1-2H3,(H,30,34)(H,29,31,33). The molecule has 0 atom stereocenters. The van der Waals surface area contributed by atoms with Crippen LogP contribution < -0.4 is 10.0 Å². The highest BCUT2D eigenvalue weighted by Crippen LogP contribution is 2.29. The van der Waals surface area contributed by atoms with Crippen LogP contribution in [-0.4, -0.2) is 26.0 Å². The Morgan fingerprint density at radius 3 is 2.63 bits per heavy atom. The summed E-state index contributed by atoms with van der Waals surface area (Å²) in [5.41, 5.74) is 6.03. The SMILES string of the molecule is Cc1nc(NSc2ccccc2C#N)ccc1-c1cc(C)c2nc(NC3CCCCC3)ncc2n1. The summed E-state index contributed by atoms with van der Waals surface area (Å²) >= 11 is 1.38. The van der Waals surface area contributed by atoms with Gasteiger partial charge in [-0.2, -0.15) is 5.26 Å². The summed E-state index contributed by atoms with van der Waals surface area (Å²) in [6, 6.07) is 16.2. The summed E-state index contributed by atoms with van der Waals surface area (Å²) in [5, 5.41) is 12.8. The summed E-state index contributed by atoms with van der Waals surface area (Å²) < 4.78 is 3.24. The van der Waals surface area contributed by atoms with Gasteiger partial charge in [-0.1, -0.05) is 31.4 Å². The third-order valence-corrected chi connectivity index (χ3v) is 7.20. The number of aryl methyl sites for hydroxylation is 2. The number of nitrogens with zero attached hydrogens (tertiary/aromatic N) is 5. The first-order chi connectivity index (χ1) is 17.1. The van der Waals surface area contributed by atoms with Crippen LogP contribution in [0.25, 0.3) is 22.3 Å². The Balaban J connectivity index is 1.35. The van der Waals surface area contributed by atoms with Crippen molar-refractivity contribution in [1.29, 1.82) is 5.26 Å². The Bertz CT molecular complexity index is 1410. The third-order valence-electron chi connectivity index (χ3n) is 6.31. The van der Waals surface area contributed by atoms with Crippen molar-refractivity contribution in [2.75, 3.05) is 10.0 Å². The number of aromatic nitrogens is 4. The van der Waals surface area contributed by atoms with Gasteiger partial charge in [-0.05, 0) is 74.5 Å². The fourth-order valence-corrected chi connectivity index (χ4v) is 5.16. The van der Waals surface area contributed by atoms with E-state index in [0.717, 1.165) is 44.3 Å². The van der Waals surface area contributed by atoms with Crippen LogP contribution >= 0.6 is 11.9 Å². The number of fused-ring (bicyclic) bond motifs is 1. The largest absolute Gasteiger partial charge is 0.351 e. The van der Waals surface area contributed by atoms with E-state index < -0.39 is 0 Å². The Morgan fingerprint density at radius 1 is 1.00 bits per heavy atom. The molecule has 0 aliphatic heterocycles. The zero-order chi connectivity index (χ0) is 24.2. The fraction of sp³-hybridized carbons (Fsp3) is 0.296. The van der Waals surface area contributed by atoms with E-state index in [2.05, 4.69) is 34.1 Å². The minimum absolute atomic E-state index is 0.459. The molecule has 5 rings (SSSR count). The smallest absolute Gasteiger partial charge is 0.223 e. The first kappa shape index (κ1) is 23.1. The number of rotatable bonds is 6. The van der Waals surface area contributed by atoms with Crippen LogP contribution in [0, 0.1) is 25.2 Å². The van der Waals surface area contributed by atoms with E-state index in [0.29, 0.717) is 17.6 Å². The lowest BCUT2D eigenvalue weighted by molar-refractivity contribution is 0.461. The number of hydrogen-bond donors (Lipinski definition) is 2. The van der Waals surface area contributed by atoms with Gasteiger partial charge in [0.25, 0.3) is 0 Å². The molecule has 1 aliphatic rings. The van der Waals surface area contributed by atoms with Gasteiger partial charge in [0.2, 0.25) is 5.95 Å². The number of benzene rings is 1. The molecule has 0 radical (unpaired) electrons. The molecule has 1 saturated carbocycles. The van der Waals surface area contributed by atoms with Gasteiger partial charge in [-0.25, -0.2) is 19.9 Å². The minimum Gasteiger partial charge on any atom is -0.351 e. The van der Waals surface area contributed by atoms with Crippen molar-refractivity contribution in [2.24, 2.45) is 0 Å². The van der Waals surface area contributed by atoms with E-state index in [1.807, 2.05) is 43.5 Å². The van der Waals surface area contributed by atoms with E-state index in [9.17, 15) is 5.26 Å². The lowest BCUT2D eigenvalue weighted by atomic mass is 9.96. The number of nitriles is 1. The van der Waals surface area contributed by atoms with Crippen LogP contribution in [0.4, 0.5) is 11.8 Å². The Morgan fingerprint density at radius 2 is 1.83 bits per heavy atom. The average Bonchev–Trinajstić information content (AvgIpc) is 2.88. The highest BCUT2D eigenvalue weighted by molar-refractivity contribution is 8.00. The van der Waals surface area contributed by atoms with E-state index in [1.165, 1.54) is 44.1 Å². The number of nitrogens with one attached hydrogen (secondary N) is 2. The van der Waals surface area contributed by atoms with E-state index in [-0.39, 0.29) is 0 Å². The quantitative estimate of drug-likeness (QED) is 0.304. The maximum absolute atomic E-state index is 9.28. The maximum atomic E-state index is 9.28. The second-order valence-corrected chi connectivity index (χ2v) is 9.72. The summed E-state index contributed by atoms with van der Waals surface area (Å²) in [7, 11) is 0. The molecule has 1 fully saturated rings. The highest BCUT2D eigenvalue weighted by Gasteiger charge is 2.16. The van der Waals surface area contributed by atoms with Crippen molar-refractivity contribution >= 4 is 34.7 Å². The van der Waals surface area contributed by atoms with Crippen molar-refractivity contribution in [3.8, 4) is 17.3 Å². The average molecular weight is 482 g/mol. The maximum Gasteiger partial charge on any atom is 0.223 e. The fourth-order valence-electron chi connectivity index (χ4n) is 4.46. The summed E-state index contributed by atoms with van der Waals surface area (Å²) in [6.45, 7) is 4.04. The van der Waals surface area contributed by atoms with E-state index in [4.69, 9.17) is 15.0 Å². The predicted octanol–water partition coefficient (Wildman–Crippen LogP) is 6.44. The Kier molecular flexibility index (Phi) is 6.77. The molecule has 4 aromatic rings. The van der Waals surface area contributed by atoms with Crippen molar-refractivity contribution < 1.29 is 0 Å². The first-order valence-corrected chi connectivity index (χ1v) is 12.7. The van der Waals surface area contributed by atoms with E-state index >= 15 is 0 Å². The van der Waals surface area contributed by atoms with Crippen LogP contribution in [-0.2, 0) is 0 Å². The van der Waals surface area contributed by atoms with Crippen LogP contribution in [0.3, 0.4) is 0 Å². The van der Waals surface area contributed by atoms with Gasteiger partial charge in [0, 0.05) is 22.2 Å². The molecule has 35 heavy (non-hydrogen) atoms. The second-order valence-electron chi connectivity index (χ2n) is 8.87. The minimum atomic E-state index is 0.459. The van der Waals surface area contributed by atoms with Crippen LogP contribution in [0.15, 0.2) is 53.6 Å². The van der Waals surface area contributed by atoms with Gasteiger partial charge in [0.1, 0.15) is 17.4 Å². The van der Waals surface area contributed by atoms with Crippen LogP contribution in [0.1, 0.15) is 48.9 Å². The Labute approximate surface area is 209 Å². The van der Waals surface area contributed by atoms with Crippen molar-refractivity contribution in [2.45, 2.75) is 56.9 Å². The molecule has 3 aromatic heterocycles.